The van der Waals surface area contributed by atoms with E-state index in [1.165, 1.54) is 32.1 Å². The van der Waals surface area contributed by atoms with Gasteiger partial charge in [-0.1, -0.05) is 39.0 Å². The van der Waals surface area contributed by atoms with Crippen molar-refractivity contribution < 1.29 is 5.11 Å². The van der Waals surface area contributed by atoms with Crippen LogP contribution in [0.15, 0.2) is 0 Å². The highest BCUT2D eigenvalue weighted by atomic mass is 16.2. The fourth-order valence-electron chi connectivity index (χ4n) is 0.892. The van der Waals surface area contributed by atoms with Gasteiger partial charge in [-0.2, -0.15) is 0 Å². The van der Waals surface area contributed by atoms with Gasteiger partial charge in [-0.05, 0) is 6.42 Å². The van der Waals surface area contributed by atoms with Crippen LogP contribution in [0.2, 0.25) is 0 Å². The maximum atomic E-state index is 8.42. The predicted octanol–water partition coefficient (Wildman–Crippen LogP) is 1.16. The molecule has 0 aliphatic heterocycles. The van der Waals surface area contributed by atoms with E-state index in [1.54, 1.807) is 0 Å². The normalized spacial score (nSPS) is 9.00. The second-order valence-electron chi connectivity index (χ2n) is 2.49. The van der Waals surface area contributed by atoms with E-state index in [1.807, 2.05) is 0 Å². The van der Waals surface area contributed by atoms with Gasteiger partial charge >= 0.3 is 0 Å². The molecular formula is C8H21BO. The molecule has 0 aliphatic carbocycles. The van der Waals surface area contributed by atoms with Crippen molar-refractivity contribution in [1.82, 2.24) is 0 Å². The van der Waals surface area contributed by atoms with Crippen molar-refractivity contribution in [2.45, 2.75) is 45.4 Å². The average Bonchev–Trinajstić information content (AvgIpc) is 1.89. The summed E-state index contributed by atoms with van der Waals surface area (Å²) < 4.78 is 0. The fourth-order valence-corrected chi connectivity index (χ4v) is 0.892. The van der Waals surface area contributed by atoms with Crippen molar-refractivity contribution in [2.75, 3.05) is 6.61 Å². The van der Waals surface area contributed by atoms with Gasteiger partial charge in [-0.3, -0.25) is 0 Å². The Hall–Kier alpha value is 0.0249. The maximum Gasteiger partial charge on any atom is 0.0814 e. The third kappa shape index (κ3) is 10.9. The molecule has 0 aromatic carbocycles. The minimum atomic E-state index is 0. The van der Waals surface area contributed by atoms with Crippen molar-refractivity contribution in [3.05, 3.63) is 0 Å². The van der Waals surface area contributed by atoms with Crippen molar-refractivity contribution in [2.24, 2.45) is 0 Å². The van der Waals surface area contributed by atoms with Gasteiger partial charge in [0.15, 0.2) is 0 Å². The van der Waals surface area contributed by atoms with Crippen LogP contribution in [-0.4, -0.2) is 20.1 Å². The Morgan fingerprint density at radius 1 is 0.900 bits per heavy atom. The Morgan fingerprint density at radius 3 is 1.90 bits per heavy atom. The highest BCUT2D eigenvalue weighted by Crippen LogP contribution is 2.03. The molecule has 62 valence electrons. The molecule has 0 aromatic heterocycles. The number of unbranched alkanes of at least 4 members (excludes halogenated alkanes) is 5. The van der Waals surface area contributed by atoms with Gasteiger partial charge in [0.1, 0.15) is 0 Å². The SMILES string of the molecule is B.CCCCCCCCO. The van der Waals surface area contributed by atoms with E-state index in [2.05, 4.69) is 6.92 Å². The molecule has 0 bridgehead atoms. The molecule has 1 N–H and O–H groups in total. The minimum absolute atomic E-state index is 0. The molecule has 0 unspecified atom stereocenters. The van der Waals surface area contributed by atoms with Crippen LogP contribution in [-0.2, 0) is 0 Å². The zero-order valence-electron chi connectivity index (χ0n) is 6.40. The van der Waals surface area contributed by atoms with Gasteiger partial charge in [0.25, 0.3) is 0 Å². The zero-order valence-corrected chi connectivity index (χ0v) is 6.40. The van der Waals surface area contributed by atoms with Gasteiger partial charge in [0, 0.05) is 6.61 Å². The lowest BCUT2D eigenvalue weighted by molar-refractivity contribution is 0.282. The van der Waals surface area contributed by atoms with Gasteiger partial charge in [0.2, 0.25) is 0 Å². The van der Waals surface area contributed by atoms with Gasteiger partial charge in [-0.25, -0.2) is 0 Å². The molecule has 0 aliphatic rings. The van der Waals surface area contributed by atoms with E-state index in [9.17, 15) is 0 Å². The van der Waals surface area contributed by atoms with E-state index >= 15 is 0 Å². The second kappa shape index (κ2) is 11.8. The summed E-state index contributed by atoms with van der Waals surface area (Å²) in [6.07, 6.45) is 7.50. The molecular weight excluding hydrogens is 123 g/mol. The maximum absolute atomic E-state index is 8.42. The molecule has 0 radical (unpaired) electrons. The van der Waals surface area contributed by atoms with Crippen LogP contribution in [0.3, 0.4) is 0 Å². The summed E-state index contributed by atoms with van der Waals surface area (Å²) >= 11 is 0. The molecule has 0 spiro atoms. The average molecular weight is 144 g/mol. The van der Waals surface area contributed by atoms with Crippen LogP contribution >= 0.6 is 0 Å². The third-order valence-corrected chi connectivity index (χ3v) is 1.51. The lowest BCUT2D eigenvalue weighted by atomic mass is 10.1. The monoisotopic (exact) mass is 144 g/mol. The van der Waals surface area contributed by atoms with Crippen molar-refractivity contribution in [3.63, 3.8) is 0 Å². The van der Waals surface area contributed by atoms with Gasteiger partial charge in [-0.15, -0.1) is 0 Å². The Morgan fingerprint density at radius 2 is 1.40 bits per heavy atom. The minimum Gasteiger partial charge on any atom is -0.396 e. The summed E-state index contributed by atoms with van der Waals surface area (Å²) in [7, 11) is 0. The first-order chi connectivity index (χ1) is 4.41. The van der Waals surface area contributed by atoms with E-state index in [4.69, 9.17) is 5.11 Å². The van der Waals surface area contributed by atoms with Crippen LogP contribution in [0.25, 0.3) is 0 Å². The standard InChI is InChI=1S/C8H18O.BH3/c1-2-3-4-5-6-7-8-9;/h9H,2-8H2,1H3;1H3. The first-order valence-electron chi connectivity index (χ1n) is 4.02. The molecule has 0 amide bonds. The molecule has 0 atom stereocenters. The van der Waals surface area contributed by atoms with Crippen LogP contribution in [0.1, 0.15) is 45.4 Å². The number of hydrogen-bond donors (Lipinski definition) is 1. The number of aliphatic hydroxyl groups is 1. The Balaban J connectivity index is 0. The smallest absolute Gasteiger partial charge is 0.0814 e. The lowest BCUT2D eigenvalue weighted by Crippen LogP contribution is -1.82. The van der Waals surface area contributed by atoms with Crippen LogP contribution in [0, 0.1) is 0 Å². The fraction of sp³-hybridized carbons (Fsp3) is 1.00. The largest absolute Gasteiger partial charge is 0.396 e. The summed E-state index contributed by atoms with van der Waals surface area (Å²) in [6.45, 7) is 2.58. The first kappa shape index (κ1) is 12.7. The molecule has 0 aromatic rings. The first-order valence-corrected chi connectivity index (χ1v) is 4.02. The van der Waals surface area contributed by atoms with E-state index in [0.29, 0.717) is 6.61 Å². The summed E-state index contributed by atoms with van der Waals surface area (Å²) in [5, 5.41) is 8.42. The van der Waals surface area contributed by atoms with Gasteiger partial charge in [0.05, 0.1) is 8.41 Å². The molecule has 0 fully saturated rings. The molecule has 0 heterocycles. The predicted molar refractivity (Wildman–Crippen MR) is 50.4 cm³/mol. The highest BCUT2D eigenvalue weighted by Gasteiger charge is 1.86. The van der Waals surface area contributed by atoms with Crippen LogP contribution < -0.4 is 0 Å². The summed E-state index contributed by atoms with van der Waals surface area (Å²) in [5.74, 6) is 0. The van der Waals surface area contributed by atoms with Crippen LogP contribution in [0.5, 0.6) is 0 Å². The summed E-state index contributed by atoms with van der Waals surface area (Å²) in [4.78, 5) is 0. The molecule has 2 heteroatoms. The Kier molecular flexibility index (Phi) is 14.9. The van der Waals surface area contributed by atoms with E-state index < -0.39 is 0 Å². The zero-order chi connectivity index (χ0) is 6.95. The molecule has 1 nitrogen and oxygen atoms in total. The topological polar surface area (TPSA) is 20.2 Å². The second-order valence-corrected chi connectivity index (χ2v) is 2.49. The van der Waals surface area contributed by atoms with Crippen molar-refractivity contribution in [1.29, 1.82) is 0 Å². The number of rotatable bonds is 6. The quantitative estimate of drug-likeness (QED) is 0.438. The molecule has 0 saturated heterocycles. The Bertz CT molecular complexity index is 42.5. The van der Waals surface area contributed by atoms with Crippen LogP contribution in [0.4, 0.5) is 0 Å². The summed E-state index contributed by atoms with van der Waals surface area (Å²) in [6, 6.07) is 0. The van der Waals surface area contributed by atoms with Crippen molar-refractivity contribution >= 4 is 8.41 Å². The summed E-state index contributed by atoms with van der Waals surface area (Å²) in [5.41, 5.74) is 0. The highest BCUT2D eigenvalue weighted by molar-refractivity contribution is 5.75. The van der Waals surface area contributed by atoms with E-state index in [-0.39, 0.29) is 8.41 Å². The number of aliphatic hydroxyl groups excluding tert-OH is 1. The van der Waals surface area contributed by atoms with Crippen molar-refractivity contribution in [3.8, 4) is 0 Å². The molecule has 0 rings (SSSR count). The number of hydrogen-bond acceptors (Lipinski definition) is 1. The molecule has 10 heavy (non-hydrogen) atoms. The molecule has 0 saturated carbocycles. The van der Waals surface area contributed by atoms with E-state index in [0.717, 1.165) is 6.42 Å². The lowest BCUT2D eigenvalue weighted by Gasteiger charge is -1.95. The third-order valence-electron chi connectivity index (χ3n) is 1.51. The van der Waals surface area contributed by atoms with Gasteiger partial charge < -0.3 is 5.11 Å². The Labute approximate surface area is 66.4 Å².